The summed E-state index contributed by atoms with van der Waals surface area (Å²) in [6, 6.07) is 9.41. The minimum atomic E-state index is 0.671. The monoisotopic (exact) mass is 232 g/mol. The van der Waals surface area contributed by atoms with Gasteiger partial charge in [0.25, 0.3) is 0 Å². The van der Waals surface area contributed by atoms with Crippen molar-refractivity contribution in [1.82, 2.24) is 0 Å². The number of nitrogen functional groups attached to an aromatic ring is 1. The average molecular weight is 232 g/mol. The molecule has 4 nitrogen and oxygen atoms in total. The average Bonchev–Trinajstić information content (AvgIpc) is 2.82. The highest BCUT2D eigenvalue weighted by atomic mass is 16.5. The van der Waals surface area contributed by atoms with Crippen LogP contribution in [0.3, 0.4) is 0 Å². The maximum atomic E-state index is 5.95. The summed E-state index contributed by atoms with van der Waals surface area (Å²) in [6.07, 6.45) is 1.66. The zero-order valence-corrected chi connectivity index (χ0v) is 10.0. The SMILES string of the molecule is COc1ccc(N)c(N(C)Cc2ccco2)c1. The van der Waals surface area contributed by atoms with Crippen LogP contribution in [0.5, 0.6) is 5.75 Å². The predicted molar refractivity (Wildman–Crippen MR) is 68.2 cm³/mol. The molecule has 0 atom stereocenters. The van der Waals surface area contributed by atoms with Gasteiger partial charge >= 0.3 is 0 Å². The van der Waals surface area contributed by atoms with Gasteiger partial charge in [0.05, 0.1) is 31.3 Å². The highest BCUT2D eigenvalue weighted by molar-refractivity contribution is 5.69. The van der Waals surface area contributed by atoms with Crippen molar-refractivity contribution in [3.63, 3.8) is 0 Å². The van der Waals surface area contributed by atoms with E-state index in [2.05, 4.69) is 0 Å². The van der Waals surface area contributed by atoms with Gasteiger partial charge in [-0.05, 0) is 24.3 Å². The Bertz CT molecular complexity index is 480. The molecule has 0 aliphatic heterocycles. The van der Waals surface area contributed by atoms with E-state index >= 15 is 0 Å². The van der Waals surface area contributed by atoms with Gasteiger partial charge in [0, 0.05) is 13.1 Å². The van der Waals surface area contributed by atoms with E-state index in [1.165, 1.54) is 0 Å². The third-order valence-corrected chi connectivity index (χ3v) is 2.62. The second-order valence-corrected chi connectivity index (χ2v) is 3.86. The van der Waals surface area contributed by atoms with Gasteiger partial charge in [0.15, 0.2) is 0 Å². The van der Waals surface area contributed by atoms with Crippen LogP contribution in [0, 0.1) is 0 Å². The Hall–Kier alpha value is -2.10. The molecule has 2 N–H and O–H groups in total. The lowest BCUT2D eigenvalue weighted by atomic mass is 10.2. The first-order valence-electron chi connectivity index (χ1n) is 5.37. The summed E-state index contributed by atoms with van der Waals surface area (Å²) in [6.45, 7) is 0.671. The molecular weight excluding hydrogens is 216 g/mol. The number of hydrogen-bond acceptors (Lipinski definition) is 4. The van der Waals surface area contributed by atoms with Gasteiger partial charge in [-0.3, -0.25) is 0 Å². The van der Waals surface area contributed by atoms with Crippen molar-refractivity contribution in [2.24, 2.45) is 0 Å². The molecule has 0 spiro atoms. The van der Waals surface area contributed by atoms with Gasteiger partial charge in [-0.1, -0.05) is 0 Å². The number of methoxy groups -OCH3 is 1. The molecule has 0 bridgehead atoms. The lowest BCUT2D eigenvalue weighted by Gasteiger charge is -2.20. The van der Waals surface area contributed by atoms with E-state index in [9.17, 15) is 0 Å². The van der Waals surface area contributed by atoms with Crippen molar-refractivity contribution in [1.29, 1.82) is 0 Å². The summed E-state index contributed by atoms with van der Waals surface area (Å²) in [4.78, 5) is 2.02. The normalized spacial score (nSPS) is 10.2. The topological polar surface area (TPSA) is 51.6 Å². The third-order valence-electron chi connectivity index (χ3n) is 2.62. The molecule has 0 unspecified atom stereocenters. The van der Waals surface area contributed by atoms with Gasteiger partial charge in [0.1, 0.15) is 11.5 Å². The van der Waals surface area contributed by atoms with E-state index in [0.29, 0.717) is 6.54 Å². The van der Waals surface area contributed by atoms with Crippen molar-refractivity contribution in [2.45, 2.75) is 6.54 Å². The van der Waals surface area contributed by atoms with Crippen molar-refractivity contribution in [3.05, 3.63) is 42.4 Å². The van der Waals surface area contributed by atoms with Crippen molar-refractivity contribution in [2.75, 3.05) is 24.8 Å². The second kappa shape index (κ2) is 4.82. The molecule has 0 aliphatic carbocycles. The molecule has 0 amide bonds. The number of benzene rings is 1. The molecule has 90 valence electrons. The van der Waals surface area contributed by atoms with Gasteiger partial charge in [-0.2, -0.15) is 0 Å². The summed E-state index contributed by atoms with van der Waals surface area (Å²) >= 11 is 0. The summed E-state index contributed by atoms with van der Waals surface area (Å²) in [5.74, 6) is 1.69. The van der Waals surface area contributed by atoms with E-state index in [1.807, 2.05) is 42.3 Å². The first-order valence-corrected chi connectivity index (χ1v) is 5.37. The van der Waals surface area contributed by atoms with E-state index in [-0.39, 0.29) is 0 Å². The Kier molecular flexibility index (Phi) is 3.23. The quantitative estimate of drug-likeness (QED) is 0.823. The van der Waals surface area contributed by atoms with Crippen molar-refractivity contribution in [3.8, 4) is 5.75 Å². The Balaban J connectivity index is 2.20. The predicted octanol–water partition coefficient (Wildman–Crippen LogP) is 2.51. The summed E-state index contributed by atoms with van der Waals surface area (Å²) < 4.78 is 10.5. The highest BCUT2D eigenvalue weighted by Gasteiger charge is 2.08. The Morgan fingerprint density at radius 1 is 1.35 bits per heavy atom. The number of nitrogens with zero attached hydrogens (tertiary/aromatic N) is 1. The van der Waals surface area contributed by atoms with Crippen LogP contribution < -0.4 is 15.4 Å². The van der Waals surface area contributed by atoms with E-state index in [4.69, 9.17) is 14.9 Å². The maximum absolute atomic E-state index is 5.95. The first kappa shape index (κ1) is 11.4. The molecule has 0 saturated carbocycles. The van der Waals surface area contributed by atoms with Crippen LogP contribution in [0.15, 0.2) is 41.0 Å². The van der Waals surface area contributed by atoms with Crippen LogP contribution in [0.25, 0.3) is 0 Å². The molecule has 1 aromatic heterocycles. The van der Waals surface area contributed by atoms with Gasteiger partial charge in [0.2, 0.25) is 0 Å². The van der Waals surface area contributed by atoms with Crippen LogP contribution in [-0.2, 0) is 6.54 Å². The molecule has 2 rings (SSSR count). The largest absolute Gasteiger partial charge is 0.497 e. The molecule has 0 aliphatic rings. The summed E-state index contributed by atoms with van der Waals surface area (Å²) in [5, 5.41) is 0. The molecule has 1 aromatic carbocycles. The van der Waals surface area contributed by atoms with E-state index in [1.54, 1.807) is 13.4 Å². The summed E-state index contributed by atoms with van der Waals surface area (Å²) in [5.41, 5.74) is 7.60. The summed E-state index contributed by atoms with van der Waals surface area (Å²) in [7, 11) is 3.61. The Morgan fingerprint density at radius 2 is 2.18 bits per heavy atom. The molecule has 17 heavy (non-hydrogen) atoms. The number of ether oxygens (including phenoxy) is 1. The zero-order valence-electron chi connectivity index (χ0n) is 10.0. The van der Waals surface area contributed by atoms with Gasteiger partial charge in [-0.25, -0.2) is 0 Å². The number of anilines is 2. The number of hydrogen-bond donors (Lipinski definition) is 1. The number of furan rings is 1. The molecule has 0 saturated heterocycles. The van der Waals surface area contributed by atoms with E-state index < -0.39 is 0 Å². The number of rotatable bonds is 4. The molecule has 0 fully saturated rings. The van der Waals surface area contributed by atoms with Crippen LogP contribution >= 0.6 is 0 Å². The lowest BCUT2D eigenvalue weighted by Crippen LogP contribution is -2.17. The van der Waals surface area contributed by atoms with Crippen LogP contribution in [0.4, 0.5) is 11.4 Å². The fourth-order valence-corrected chi connectivity index (χ4v) is 1.70. The minimum Gasteiger partial charge on any atom is -0.497 e. The van der Waals surface area contributed by atoms with Crippen LogP contribution in [0.1, 0.15) is 5.76 Å². The molecule has 0 radical (unpaired) electrons. The van der Waals surface area contributed by atoms with Crippen LogP contribution in [-0.4, -0.2) is 14.2 Å². The first-order chi connectivity index (χ1) is 8.20. The fraction of sp³-hybridized carbons (Fsp3) is 0.231. The fourth-order valence-electron chi connectivity index (χ4n) is 1.70. The highest BCUT2D eigenvalue weighted by Crippen LogP contribution is 2.28. The van der Waals surface area contributed by atoms with E-state index in [0.717, 1.165) is 22.9 Å². The Labute approximate surface area is 101 Å². The molecule has 4 heteroatoms. The van der Waals surface area contributed by atoms with Crippen LogP contribution in [0.2, 0.25) is 0 Å². The maximum Gasteiger partial charge on any atom is 0.123 e. The lowest BCUT2D eigenvalue weighted by molar-refractivity contribution is 0.415. The molecule has 1 heterocycles. The number of nitrogens with two attached hydrogens (primary N) is 1. The van der Waals surface area contributed by atoms with Crippen molar-refractivity contribution < 1.29 is 9.15 Å². The van der Waals surface area contributed by atoms with Gasteiger partial charge < -0.3 is 19.8 Å². The Morgan fingerprint density at radius 3 is 2.82 bits per heavy atom. The third kappa shape index (κ3) is 2.53. The van der Waals surface area contributed by atoms with Gasteiger partial charge in [-0.15, -0.1) is 0 Å². The van der Waals surface area contributed by atoms with Crippen molar-refractivity contribution >= 4 is 11.4 Å². The zero-order chi connectivity index (χ0) is 12.3. The second-order valence-electron chi connectivity index (χ2n) is 3.86. The minimum absolute atomic E-state index is 0.671. The smallest absolute Gasteiger partial charge is 0.123 e. The molecular formula is C13H16N2O2. The molecule has 2 aromatic rings. The standard InChI is InChI=1S/C13H16N2O2/c1-15(9-11-4-3-7-17-11)13-8-10(16-2)5-6-12(13)14/h3-8H,9,14H2,1-2H3.